The van der Waals surface area contributed by atoms with E-state index < -0.39 is 11.9 Å². The predicted molar refractivity (Wildman–Crippen MR) is 35.4 cm³/mol. The molecule has 1 aromatic heterocycles. The van der Waals surface area contributed by atoms with Crippen molar-refractivity contribution in [2.24, 2.45) is 0 Å². The second-order valence-corrected chi connectivity index (χ2v) is 1.70. The number of nitrogens with two attached hydrogens (primary N) is 1. The van der Waals surface area contributed by atoms with E-state index in [-0.39, 0.29) is 18.3 Å². The summed E-state index contributed by atoms with van der Waals surface area (Å²) < 4.78 is 39.1. The first-order valence-electron chi connectivity index (χ1n) is 2.42. The van der Waals surface area contributed by atoms with Gasteiger partial charge in [0, 0.05) is 6.07 Å². The lowest BCUT2D eigenvalue weighted by Gasteiger charge is -1.99. The molecule has 1 heterocycles. The van der Waals surface area contributed by atoms with Gasteiger partial charge in [-0.25, -0.2) is 0 Å². The second kappa shape index (κ2) is 3.04. The summed E-state index contributed by atoms with van der Waals surface area (Å²) in [4.78, 5) is 0. The maximum atomic E-state index is 11.7. The van der Waals surface area contributed by atoms with Gasteiger partial charge in [-0.05, 0) is 6.07 Å². The largest absolute Gasteiger partial charge is 0.449 e. The first-order valence-corrected chi connectivity index (χ1v) is 2.42. The van der Waals surface area contributed by atoms with Crippen LogP contribution in [0.25, 0.3) is 0 Å². The van der Waals surface area contributed by atoms with Crippen LogP contribution in [0, 0.1) is 0 Å². The Morgan fingerprint density at radius 2 is 1.82 bits per heavy atom. The Kier molecular flexibility index (Phi) is 2.81. The van der Waals surface area contributed by atoms with Crippen LogP contribution in [0.3, 0.4) is 0 Å². The van der Waals surface area contributed by atoms with Crippen LogP contribution in [0.4, 0.5) is 19.1 Å². The van der Waals surface area contributed by atoms with Crippen molar-refractivity contribution in [2.75, 3.05) is 5.73 Å². The topological polar surface area (TPSA) is 39.2 Å². The minimum Gasteiger partial charge on any atom is -0.436 e. The molecule has 0 bridgehead atoms. The lowest BCUT2D eigenvalue weighted by Crippen LogP contribution is -2.02. The Balaban J connectivity index is 0.000001000. The standard InChI is InChI=1S/C5H4F3NO.ClH/c6-5(7,8)3-1-2-4(9)10-3;/h1-2H,9H2;1H. The van der Waals surface area contributed by atoms with Crippen molar-refractivity contribution in [3.8, 4) is 0 Å². The maximum absolute atomic E-state index is 11.7. The van der Waals surface area contributed by atoms with E-state index in [2.05, 4.69) is 4.42 Å². The molecule has 0 saturated heterocycles. The Labute approximate surface area is 66.6 Å². The third-order valence-corrected chi connectivity index (χ3v) is 0.906. The van der Waals surface area contributed by atoms with Gasteiger partial charge in [-0.3, -0.25) is 0 Å². The molecular weight excluding hydrogens is 183 g/mol. The van der Waals surface area contributed by atoms with Crippen molar-refractivity contribution >= 4 is 18.3 Å². The second-order valence-electron chi connectivity index (χ2n) is 1.70. The number of hydrogen-bond donors (Lipinski definition) is 1. The summed E-state index contributed by atoms with van der Waals surface area (Å²) in [5.41, 5.74) is 4.91. The summed E-state index contributed by atoms with van der Waals surface area (Å²) in [5.74, 6) is -1.29. The molecule has 0 saturated carbocycles. The normalized spacial score (nSPS) is 10.8. The summed E-state index contributed by atoms with van der Waals surface area (Å²) >= 11 is 0. The van der Waals surface area contributed by atoms with Crippen LogP contribution in [0.5, 0.6) is 0 Å². The van der Waals surface area contributed by atoms with Gasteiger partial charge in [0.05, 0.1) is 0 Å². The fraction of sp³-hybridized carbons (Fsp3) is 0.200. The Bertz CT molecular complexity index is 232. The van der Waals surface area contributed by atoms with Crippen LogP contribution in [-0.4, -0.2) is 0 Å². The summed E-state index contributed by atoms with van der Waals surface area (Å²) in [7, 11) is 0. The third kappa shape index (κ3) is 2.34. The molecule has 11 heavy (non-hydrogen) atoms. The lowest BCUT2D eigenvalue weighted by molar-refractivity contribution is -0.152. The highest BCUT2D eigenvalue weighted by molar-refractivity contribution is 5.85. The number of halogens is 4. The van der Waals surface area contributed by atoms with Crippen LogP contribution in [0.2, 0.25) is 0 Å². The number of hydrogen-bond acceptors (Lipinski definition) is 2. The third-order valence-electron chi connectivity index (χ3n) is 0.906. The minimum absolute atomic E-state index is 0. The smallest absolute Gasteiger partial charge is 0.436 e. The maximum Gasteiger partial charge on any atom is 0.449 e. The molecule has 0 radical (unpaired) electrons. The molecule has 0 aliphatic rings. The molecule has 0 aliphatic carbocycles. The van der Waals surface area contributed by atoms with E-state index in [4.69, 9.17) is 5.73 Å². The van der Waals surface area contributed by atoms with Gasteiger partial charge < -0.3 is 10.2 Å². The molecule has 0 amide bonds. The van der Waals surface area contributed by atoms with Crippen LogP contribution in [-0.2, 0) is 6.18 Å². The molecule has 0 aliphatic heterocycles. The fourth-order valence-corrected chi connectivity index (χ4v) is 0.505. The number of anilines is 1. The summed E-state index contributed by atoms with van der Waals surface area (Å²) in [6.45, 7) is 0. The first-order chi connectivity index (χ1) is 4.50. The molecule has 2 N–H and O–H groups in total. The van der Waals surface area contributed by atoms with Crippen molar-refractivity contribution < 1.29 is 17.6 Å². The quantitative estimate of drug-likeness (QED) is 0.677. The zero-order chi connectivity index (χ0) is 7.78. The molecule has 2 nitrogen and oxygen atoms in total. The zero-order valence-corrected chi connectivity index (χ0v) is 6.00. The van der Waals surface area contributed by atoms with Gasteiger partial charge in [-0.15, -0.1) is 12.4 Å². The van der Waals surface area contributed by atoms with E-state index in [0.29, 0.717) is 0 Å². The average Bonchev–Trinajstić information content (AvgIpc) is 2.11. The predicted octanol–water partition coefficient (Wildman–Crippen LogP) is 2.30. The highest BCUT2D eigenvalue weighted by Gasteiger charge is 2.34. The highest BCUT2D eigenvalue weighted by atomic mass is 35.5. The fourth-order valence-electron chi connectivity index (χ4n) is 0.505. The number of nitrogen functional groups attached to an aromatic ring is 1. The Morgan fingerprint density at radius 3 is 2.00 bits per heavy atom. The van der Waals surface area contributed by atoms with Gasteiger partial charge >= 0.3 is 6.18 Å². The van der Waals surface area contributed by atoms with E-state index in [0.717, 1.165) is 12.1 Å². The minimum atomic E-state index is -4.43. The molecule has 0 spiro atoms. The summed E-state index contributed by atoms with van der Waals surface area (Å²) in [6.07, 6.45) is -4.43. The highest BCUT2D eigenvalue weighted by Crippen LogP contribution is 2.30. The molecule has 1 rings (SSSR count). The van der Waals surface area contributed by atoms with Crippen molar-refractivity contribution in [3.05, 3.63) is 17.9 Å². The number of rotatable bonds is 0. The Hall–Kier alpha value is -0.840. The number of alkyl halides is 3. The van der Waals surface area contributed by atoms with Gasteiger partial charge in [0.15, 0.2) is 5.88 Å². The van der Waals surface area contributed by atoms with Crippen molar-refractivity contribution in [1.29, 1.82) is 0 Å². The zero-order valence-electron chi connectivity index (χ0n) is 5.18. The molecular formula is C5H5ClF3NO. The van der Waals surface area contributed by atoms with E-state index >= 15 is 0 Å². The van der Waals surface area contributed by atoms with Crippen LogP contribution >= 0.6 is 12.4 Å². The molecule has 0 unspecified atom stereocenters. The summed E-state index contributed by atoms with van der Waals surface area (Å²) in [5, 5.41) is 0. The molecule has 64 valence electrons. The average molecular weight is 188 g/mol. The van der Waals surface area contributed by atoms with E-state index in [1.807, 2.05) is 0 Å². The molecule has 0 aromatic carbocycles. The van der Waals surface area contributed by atoms with Gasteiger partial charge in [-0.1, -0.05) is 0 Å². The number of furan rings is 1. The van der Waals surface area contributed by atoms with E-state index in [1.165, 1.54) is 0 Å². The van der Waals surface area contributed by atoms with Gasteiger partial charge in [0.2, 0.25) is 5.76 Å². The van der Waals surface area contributed by atoms with Crippen molar-refractivity contribution in [2.45, 2.75) is 6.18 Å². The molecule has 0 fully saturated rings. The van der Waals surface area contributed by atoms with E-state index in [1.54, 1.807) is 0 Å². The Morgan fingerprint density at radius 1 is 1.27 bits per heavy atom. The van der Waals surface area contributed by atoms with Crippen molar-refractivity contribution in [1.82, 2.24) is 0 Å². The SMILES string of the molecule is Cl.Nc1ccc(C(F)(F)F)o1. The monoisotopic (exact) mass is 187 g/mol. The summed E-state index contributed by atoms with van der Waals surface area (Å²) in [6, 6.07) is 1.85. The van der Waals surface area contributed by atoms with Crippen LogP contribution in [0.15, 0.2) is 16.5 Å². The van der Waals surface area contributed by atoms with E-state index in [9.17, 15) is 13.2 Å². The van der Waals surface area contributed by atoms with Crippen LogP contribution in [0.1, 0.15) is 5.76 Å². The van der Waals surface area contributed by atoms with Gasteiger partial charge in [0.25, 0.3) is 0 Å². The van der Waals surface area contributed by atoms with Gasteiger partial charge in [-0.2, -0.15) is 13.2 Å². The van der Waals surface area contributed by atoms with Crippen LogP contribution < -0.4 is 5.73 Å². The van der Waals surface area contributed by atoms with Gasteiger partial charge in [0.1, 0.15) is 0 Å². The first kappa shape index (κ1) is 10.2. The molecule has 1 aromatic rings. The lowest BCUT2D eigenvalue weighted by atomic mass is 10.4. The van der Waals surface area contributed by atoms with Crippen molar-refractivity contribution in [3.63, 3.8) is 0 Å². The molecule has 0 atom stereocenters. The molecule has 6 heteroatoms.